The van der Waals surface area contributed by atoms with Crippen molar-refractivity contribution in [3.05, 3.63) is 0 Å². The van der Waals surface area contributed by atoms with Crippen LogP contribution >= 0.6 is 12.4 Å². The molecule has 0 aliphatic heterocycles. The number of hydrogen-bond donors (Lipinski definition) is 1. The molecule has 0 rings (SSSR count). The molecule has 0 aliphatic carbocycles. The van der Waals surface area contributed by atoms with Gasteiger partial charge in [0.15, 0.2) is 0 Å². The first-order valence-corrected chi connectivity index (χ1v) is 3.48. The Morgan fingerprint density at radius 3 is 2.45 bits per heavy atom. The Bertz CT molecular complexity index is 104. The molecule has 0 fully saturated rings. The molecule has 0 amide bonds. The van der Waals surface area contributed by atoms with Gasteiger partial charge in [0.05, 0.1) is 6.61 Å². The lowest BCUT2D eigenvalue weighted by molar-refractivity contribution is 0.0892. The summed E-state index contributed by atoms with van der Waals surface area (Å²) in [5.41, 5.74) is 0. The van der Waals surface area contributed by atoms with Gasteiger partial charge in [0, 0.05) is 0 Å². The summed E-state index contributed by atoms with van der Waals surface area (Å²) in [5, 5.41) is 8.06. The van der Waals surface area contributed by atoms with E-state index in [9.17, 15) is 4.79 Å². The third kappa shape index (κ3) is 12.7. The number of rotatable bonds is 4. The Balaban J connectivity index is 0. The number of carbonyl (C=O) groups is 1. The van der Waals surface area contributed by atoms with Gasteiger partial charge in [-0.2, -0.15) is 0 Å². The van der Waals surface area contributed by atoms with Gasteiger partial charge in [-0.05, 0) is 18.8 Å². The molecule has 0 aromatic heterocycles. The summed E-state index contributed by atoms with van der Waals surface area (Å²) in [6.45, 7) is 4.52. The highest BCUT2D eigenvalue weighted by Crippen LogP contribution is 2.02. The van der Waals surface area contributed by atoms with Crippen LogP contribution in [-0.4, -0.2) is 17.9 Å². The molecule has 0 unspecified atom stereocenters. The van der Waals surface area contributed by atoms with Crippen molar-refractivity contribution < 1.29 is 14.6 Å². The monoisotopic (exact) mass is 182 g/mol. The van der Waals surface area contributed by atoms with Gasteiger partial charge in [0.1, 0.15) is 0 Å². The van der Waals surface area contributed by atoms with Gasteiger partial charge in [-0.25, -0.2) is 4.79 Å². The lowest BCUT2D eigenvalue weighted by Crippen LogP contribution is -2.02. The summed E-state index contributed by atoms with van der Waals surface area (Å²) in [7, 11) is 0. The molecule has 0 aromatic rings. The predicted molar refractivity (Wildman–Crippen MR) is 45.3 cm³/mol. The quantitative estimate of drug-likeness (QED) is 0.537. The molecule has 4 heteroatoms. The standard InChI is InChI=1S/C7H14O3.ClH/c1-6(2)4-3-5-10-7(8)9;/h6H,3-5H2,1-2H3,(H,8,9);1H. The molecular formula is C7H15ClO3. The highest BCUT2D eigenvalue weighted by Gasteiger charge is 1.97. The van der Waals surface area contributed by atoms with E-state index in [0.717, 1.165) is 12.8 Å². The molecule has 0 atom stereocenters. The zero-order valence-electron chi connectivity index (χ0n) is 6.87. The van der Waals surface area contributed by atoms with Gasteiger partial charge >= 0.3 is 6.16 Å². The van der Waals surface area contributed by atoms with Gasteiger partial charge < -0.3 is 9.84 Å². The van der Waals surface area contributed by atoms with E-state index < -0.39 is 6.16 Å². The zero-order chi connectivity index (χ0) is 7.98. The summed E-state index contributed by atoms with van der Waals surface area (Å²) in [5.74, 6) is 0.623. The van der Waals surface area contributed by atoms with Crippen LogP contribution in [0.5, 0.6) is 0 Å². The lowest BCUT2D eigenvalue weighted by Gasteiger charge is -2.02. The second-order valence-corrected chi connectivity index (χ2v) is 2.65. The summed E-state index contributed by atoms with van der Waals surface area (Å²) in [6, 6.07) is 0. The maximum atomic E-state index is 9.82. The molecular weight excluding hydrogens is 168 g/mol. The fourth-order valence-corrected chi connectivity index (χ4v) is 0.651. The molecule has 0 bridgehead atoms. The van der Waals surface area contributed by atoms with Gasteiger partial charge in [-0.15, -0.1) is 12.4 Å². The Morgan fingerprint density at radius 2 is 2.09 bits per heavy atom. The van der Waals surface area contributed by atoms with Crippen molar-refractivity contribution >= 4 is 18.6 Å². The number of carboxylic acid groups (broad SMARTS) is 1. The highest BCUT2D eigenvalue weighted by molar-refractivity contribution is 5.85. The van der Waals surface area contributed by atoms with Crippen molar-refractivity contribution in [2.45, 2.75) is 26.7 Å². The van der Waals surface area contributed by atoms with Crippen LogP contribution in [0.3, 0.4) is 0 Å². The van der Waals surface area contributed by atoms with Crippen molar-refractivity contribution in [2.24, 2.45) is 5.92 Å². The first kappa shape index (κ1) is 13.2. The van der Waals surface area contributed by atoms with Crippen LogP contribution in [0.2, 0.25) is 0 Å². The summed E-state index contributed by atoms with van der Waals surface area (Å²) in [4.78, 5) is 9.82. The smallest absolute Gasteiger partial charge is 0.450 e. The molecule has 0 saturated heterocycles. The van der Waals surface area contributed by atoms with Gasteiger partial charge in [0.2, 0.25) is 0 Å². The van der Waals surface area contributed by atoms with Crippen molar-refractivity contribution in [2.75, 3.05) is 6.61 Å². The Labute approximate surface area is 73.2 Å². The van der Waals surface area contributed by atoms with E-state index in [-0.39, 0.29) is 12.4 Å². The summed E-state index contributed by atoms with van der Waals surface area (Å²) in [6.07, 6.45) is 0.667. The maximum Gasteiger partial charge on any atom is 0.505 e. The van der Waals surface area contributed by atoms with Crippen molar-refractivity contribution in [1.82, 2.24) is 0 Å². The SMILES string of the molecule is CC(C)CCCOC(=O)O.Cl. The van der Waals surface area contributed by atoms with E-state index >= 15 is 0 Å². The first-order chi connectivity index (χ1) is 4.63. The third-order valence-corrected chi connectivity index (χ3v) is 1.15. The van der Waals surface area contributed by atoms with Crippen molar-refractivity contribution in [1.29, 1.82) is 0 Å². The Hall–Kier alpha value is -0.440. The van der Waals surface area contributed by atoms with Crippen LogP contribution < -0.4 is 0 Å². The minimum absolute atomic E-state index is 0. The highest BCUT2D eigenvalue weighted by atomic mass is 35.5. The molecule has 0 heterocycles. The molecule has 1 N–H and O–H groups in total. The minimum Gasteiger partial charge on any atom is -0.450 e. The topological polar surface area (TPSA) is 46.5 Å². The lowest BCUT2D eigenvalue weighted by atomic mass is 10.1. The van der Waals surface area contributed by atoms with Gasteiger partial charge in [0.25, 0.3) is 0 Å². The second-order valence-electron chi connectivity index (χ2n) is 2.65. The number of halogens is 1. The zero-order valence-corrected chi connectivity index (χ0v) is 7.69. The van der Waals surface area contributed by atoms with Crippen LogP contribution in [0.4, 0.5) is 4.79 Å². The fraction of sp³-hybridized carbons (Fsp3) is 0.857. The minimum atomic E-state index is -1.18. The molecule has 11 heavy (non-hydrogen) atoms. The normalized spacial score (nSPS) is 9.00. The van der Waals surface area contributed by atoms with E-state index in [1.165, 1.54) is 0 Å². The molecule has 68 valence electrons. The molecule has 0 radical (unpaired) electrons. The largest absolute Gasteiger partial charge is 0.505 e. The maximum absolute atomic E-state index is 9.82. The van der Waals surface area contributed by atoms with E-state index in [4.69, 9.17) is 5.11 Å². The average molecular weight is 183 g/mol. The van der Waals surface area contributed by atoms with E-state index in [2.05, 4.69) is 18.6 Å². The molecule has 0 saturated carbocycles. The molecule has 3 nitrogen and oxygen atoms in total. The van der Waals surface area contributed by atoms with Gasteiger partial charge in [-0.1, -0.05) is 13.8 Å². The molecule has 0 aliphatic rings. The Kier molecular flexibility index (Phi) is 9.18. The summed E-state index contributed by atoms with van der Waals surface area (Å²) >= 11 is 0. The fourth-order valence-electron chi connectivity index (χ4n) is 0.651. The predicted octanol–water partition coefficient (Wildman–Crippen LogP) is 2.54. The molecule has 0 aromatic carbocycles. The van der Waals surface area contributed by atoms with Crippen molar-refractivity contribution in [3.63, 3.8) is 0 Å². The second kappa shape index (κ2) is 7.66. The average Bonchev–Trinajstić information content (AvgIpc) is 1.79. The first-order valence-electron chi connectivity index (χ1n) is 3.48. The van der Waals surface area contributed by atoms with Crippen LogP contribution in [0.15, 0.2) is 0 Å². The van der Waals surface area contributed by atoms with Gasteiger partial charge in [-0.3, -0.25) is 0 Å². The third-order valence-electron chi connectivity index (χ3n) is 1.15. The van der Waals surface area contributed by atoms with Crippen molar-refractivity contribution in [3.8, 4) is 0 Å². The van der Waals surface area contributed by atoms with Crippen LogP contribution in [-0.2, 0) is 4.74 Å². The van der Waals surface area contributed by atoms with E-state index in [1.54, 1.807) is 0 Å². The van der Waals surface area contributed by atoms with Crippen LogP contribution in [0.1, 0.15) is 26.7 Å². The van der Waals surface area contributed by atoms with E-state index in [1.807, 2.05) is 0 Å². The van der Waals surface area contributed by atoms with Crippen LogP contribution in [0.25, 0.3) is 0 Å². The number of ether oxygens (including phenoxy) is 1. The summed E-state index contributed by atoms with van der Waals surface area (Å²) < 4.78 is 4.31. The van der Waals surface area contributed by atoms with E-state index in [0.29, 0.717) is 12.5 Å². The number of hydrogen-bond acceptors (Lipinski definition) is 2. The molecule has 0 spiro atoms. The Morgan fingerprint density at radius 1 is 1.55 bits per heavy atom. The van der Waals surface area contributed by atoms with Crippen LogP contribution in [0, 0.1) is 5.92 Å².